The maximum atomic E-state index is 10.5. The SMILES string of the molecule is N#CC(=O)CCCCCCCN. The Morgan fingerprint density at radius 3 is 2.33 bits per heavy atom. The summed E-state index contributed by atoms with van der Waals surface area (Å²) >= 11 is 0. The van der Waals surface area contributed by atoms with Gasteiger partial charge in [0.05, 0.1) is 0 Å². The van der Waals surface area contributed by atoms with Gasteiger partial charge in [-0.2, -0.15) is 5.26 Å². The number of carbonyl (C=O) groups excluding carboxylic acids is 1. The van der Waals surface area contributed by atoms with Gasteiger partial charge in [-0.3, -0.25) is 4.79 Å². The van der Waals surface area contributed by atoms with Crippen molar-refractivity contribution in [2.45, 2.75) is 38.5 Å². The van der Waals surface area contributed by atoms with E-state index in [0.717, 1.165) is 38.6 Å². The lowest BCUT2D eigenvalue weighted by molar-refractivity contribution is -0.114. The molecule has 0 aromatic rings. The molecule has 0 unspecified atom stereocenters. The number of nitriles is 1. The van der Waals surface area contributed by atoms with Gasteiger partial charge in [-0.05, 0) is 19.4 Å². The smallest absolute Gasteiger partial charge is 0.231 e. The fourth-order valence-corrected chi connectivity index (χ4v) is 1.02. The molecule has 0 fully saturated rings. The molecule has 0 atom stereocenters. The van der Waals surface area contributed by atoms with Crippen molar-refractivity contribution < 1.29 is 4.79 Å². The summed E-state index contributed by atoms with van der Waals surface area (Å²) in [5.74, 6) is -0.297. The van der Waals surface area contributed by atoms with Crippen molar-refractivity contribution in [1.82, 2.24) is 0 Å². The summed E-state index contributed by atoms with van der Waals surface area (Å²) in [4.78, 5) is 10.5. The van der Waals surface area contributed by atoms with Gasteiger partial charge in [0.25, 0.3) is 0 Å². The van der Waals surface area contributed by atoms with Crippen molar-refractivity contribution in [2.24, 2.45) is 5.73 Å². The van der Waals surface area contributed by atoms with E-state index in [9.17, 15) is 4.79 Å². The lowest BCUT2D eigenvalue weighted by Crippen LogP contribution is -1.98. The normalized spacial score (nSPS) is 9.33. The van der Waals surface area contributed by atoms with Crippen LogP contribution in [0.4, 0.5) is 0 Å². The summed E-state index contributed by atoms with van der Waals surface area (Å²) in [6.45, 7) is 0.747. The maximum Gasteiger partial charge on any atom is 0.231 e. The zero-order chi connectivity index (χ0) is 9.23. The van der Waals surface area contributed by atoms with Gasteiger partial charge in [-0.25, -0.2) is 0 Å². The maximum absolute atomic E-state index is 10.5. The zero-order valence-electron chi connectivity index (χ0n) is 7.38. The largest absolute Gasteiger partial charge is 0.330 e. The van der Waals surface area contributed by atoms with Crippen LogP contribution in [0.5, 0.6) is 0 Å². The summed E-state index contributed by atoms with van der Waals surface area (Å²) in [5, 5.41) is 8.16. The van der Waals surface area contributed by atoms with E-state index < -0.39 is 0 Å². The third kappa shape index (κ3) is 7.23. The van der Waals surface area contributed by atoms with Crippen LogP contribution in [0, 0.1) is 11.3 Å². The van der Waals surface area contributed by atoms with E-state index in [1.165, 1.54) is 0 Å². The van der Waals surface area contributed by atoms with Crippen LogP contribution in [0.3, 0.4) is 0 Å². The molecule has 0 aliphatic heterocycles. The third-order valence-corrected chi connectivity index (χ3v) is 1.73. The molecule has 0 saturated carbocycles. The predicted molar refractivity (Wildman–Crippen MR) is 47.4 cm³/mol. The minimum absolute atomic E-state index is 0.297. The quantitative estimate of drug-likeness (QED) is 0.461. The highest BCUT2D eigenvalue weighted by atomic mass is 16.1. The molecule has 2 N–H and O–H groups in total. The summed E-state index contributed by atoms with van der Waals surface area (Å²) in [5.41, 5.74) is 5.32. The monoisotopic (exact) mass is 168 g/mol. The topological polar surface area (TPSA) is 66.9 Å². The van der Waals surface area contributed by atoms with Gasteiger partial charge in [-0.1, -0.05) is 19.3 Å². The van der Waals surface area contributed by atoms with Gasteiger partial charge < -0.3 is 5.73 Å². The number of unbranched alkanes of at least 4 members (excludes halogenated alkanes) is 4. The molecule has 68 valence electrons. The second-order valence-electron chi connectivity index (χ2n) is 2.84. The molecule has 0 aliphatic rings. The first-order chi connectivity index (χ1) is 5.81. The van der Waals surface area contributed by atoms with Gasteiger partial charge in [-0.15, -0.1) is 0 Å². The Balaban J connectivity index is 3.02. The van der Waals surface area contributed by atoms with Crippen LogP contribution in [0.25, 0.3) is 0 Å². The highest BCUT2D eigenvalue weighted by Gasteiger charge is 1.97. The average molecular weight is 168 g/mol. The molecular weight excluding hydrogens is 152 g/mol. The minimum atomic E-state index is -0.297. The number of hydrogen-bond donors (Lipinski definition) is 1. The van der Waals surface area contributed by atoms with E-state index in [1.807, 2.05) is 0 Å². The standard InChI is InChI=1S/C9H16N2O/c10-7-5-3-1-2-4-6-9(12)8-11/h1-7,10H2. The van der Waals surface area contributed by atoms with Crippen LogP contribution in [0.1, 0.15) is 38.5 Å². The Kier molecular flexibility index (Phi) is 7.62. The van der Waals surface area contributed by atoms with Gasteiger partial charge in [0.1, 0.15) is 6.07 Å². The second-order valence-corrected chi connectivity index (χ2v) is 2.84. The molecule has 0 rings (SSSR count). The van der Waals surface area contributed by atoms with Crippen LogP contribution in [0.15, 0.2) is 0 Å². The number of ketones is 1. The summed E-state index contributed by atoms with van der Waals surface area (Å²) in [7, 11) is 0. The number of nitrogens with two attached hydrogens (primary N) is 1. The zero-order valence-corrected chi connectivity index (χ0v) is 7.38. The van der Waals surface area contributed by atoms with E-state index in [-0.39, 0.29) is 5.78 Å². The molecule has 0 saturated heterocycles. The van der Waals surface area contributed by atoms with Crippen molar-refractivity contribution in [1.29, 1.82) is 5.26 Å². The molecule has 0 spiro atoms. The molecule has 0 bridgehead atoms. The Morgan fingerprint density at radius 1 is 1.17 bits per heavy atom. The van der Waals surface area contributed by atoms with Crippen LogP contribution >= 0.6 is 0 Å². The Hall–Kier alpha value is -0.880. The molecule has 0 aromatic heterocycles. The van der Waals surface area contributed by atoms with Crippen LogP contribution in [0.2, 0.25) is 0 Å². The molecule has 3 nitrogen and oxygen atoms in total. The number of nitrogens with zero attached hydrogens (tertiary/aromatic N) is 1. The van der Waals surface area contributed by atoms with Crippen molar-refractivity contribution in [3.63, 3.8) is 0 Å². The number of hydrogen-bond acceptors (Lipinski definition) is 3. The molecule has 0 aliphatic carbocycles. The molecule has 0 amide bonds. The summed E-state index contributed by atoms with van der Waals surface area (Å²) in [6, 6.07) is 1.61. The molecule has 12 heavy (non-hydrogen) atoms. The van der Waals surface area contributed by atoms with E-state index in [1.54, 1.807) is 6.07 Å². The predicted octanol–water partition coefficient (Wildman–Crippen LogP) is 1.38. The molecular formula is C9H16N2O. The van der Waals surface area contributed by atoms with Crippen molar-refractivity contribution >= 4 is 5.78 Å². The molecule has 0 aromatic carbocycles. The number of Topliss-reactive ketones (excluding diaryl/α,β-unsaturated/α-hetero) is 1. The van der Waals surface area contributed by atoms with Crippen molar-refractivity contribution in [3.8, 4) is 6.07 Å². The minimum Gasteiger partial charge on any atom is -0.330 e. The van der Waals surface area contributed by atoms with Crippen LogP contribution in [-0.2, 0) is 4.79 Å². The first-order valence-corrected chi connectivity index (χ1v) is 4.44. The highest BCUT2D eigenvalue weighted by Crippen LogP contribution is 2.04. The first-order valence-electron chi connectivity index (χ1n) is 4.44. The highest BCUT2D eigenvalue weighted by molar-refractivity contribution is 5.93. The third-order valence-electron chi connectivity index (χ3n) is 1.73. The Labute approximate surface area is 73.6 Å². The summed E-state index contributed by atoms with van der Waals surface area (Å²) in [6.07, 6.45) is 5.61. The van der Waals surface area contributed by atoms with E-state index in [4.69, 9.17) is 11.0 Å². The lowest BCUT2D eigenvalue weighted by atomic mass is 10.1. The second kappa shape index (κ2) is 8.22. The fraction of sp³-hybridized carbons (Fsp3) is 0.778. The van der Waals surface area contributed by atoms with Crippen molar-refractivity contribution in [3.05, 3.63) is 0 Å². The fourth-order valence-electron chi connectivity index (χ4n) is 1.02. The Morgan fingerprint density at radius 2 is 1.75 bits per heavy atom. The van der Waals surface area contributed by atoms with Gasteiger partial charge in [0, 0.05) is 6.42 Å². The lowest BCUT2D eigenvalue weighted by Gasteiger charge is -1.96. The van der Waals surface area contributed by atoms with Gasteiger partial charge in [0.15, 0.2) is 0 Å². The van der Waals surface area contributed by atoms with Gasteiger partial charge >= 0.3 is 0 Å². The molecule has 0 heterocycles. The first kappa shape index (κ1) is 11.1. The van der Waals surface area contributed by atoms with E-state index >= 15 is 0 Å². The molecule has 0 radical (unpaired) electrons. The Bertz CT molecular complexity index is 160. The average Bonchev–Trinajstić information content (AvgIpc) is 2.10. The van der Waals surface area contributed by atoms with Crippen LogP contribution < -0.4 is 5.73 Å². The number of carbonyl (C=O) groups is 1. The van der Waals surface area contributed by atoms with E-state index in [0.29, 0.717) is 6.42 Å². The van der Waals surface area contributed by atoms with Gasteiger partial charge in [0.2, 0.25) is 5.78 Å². The van der Waals surface area contributed by atoms with E-state index in [2.05, 4.69) is 0 Å². The molecule has 3 heteroatoms. The van der Waals surface area contributed by atoms with Crippen molar-refractivity contribution in [2.75, 3.05) is 6.54 Å². The number of rotatable bonds is 7. The van der Waals surface area contributed by atoms with Crippen LogP contribution in [-0.4, -0.2) is 12.3 Å². The summed E-state index contributed by atoms with van der Waals surface area (Å²) < 4.78 is 0.